The summed E-state index contributed by atoms with van der Waals surface area (Å²) >= 11 is 0. The molecule has 0 saturated carbocycles. The molecule has 1 aromatic carbocycles. The molecule has 3 aromatic heterocycles. The average Bonchev–Trinajstić information content (AvgIpc) is 3.26. The van der Waals surface area contributed by atoms with E-state index in [-0.39, 0.29) is 11.9 Å². The van der Waals surface area contributed by atoms with Crippen LogP contribution in [0.5, 0.6) is 5.75 Å². The van der Waals surface area contributed by atoms with Crippen LogP contribution in [0.1, 0.15) is 10.5 Å². The summed E-state index contributed by atoms with van der Waals surface area (Å²) in [6.07, 6.45) is 1.78. The number of carbonyl (C=O) groups is 1. The van der Waals surface area contributed by atoms with E-state index in [1.807, 2.05) is 41.3 Å². The van der Waals surface area contributed by atoms with Gasteiger partial charge in [-0.15, -0.1) is 0 Å². The van der Waals surface area contributed by atoms with Gasteiger partial charge in [-0.25, -0.2) is 9.97 Å². The highest BCUT2D eigenvalue weighted by Gasteiger charge is 2.25. The molecule has 0 bridgehead atoms. The molecule has 1 fully saturated rings. The lowest BCUT2D eigenvalue weighted by Crippen LogP contribution is -2.49. The molecule has 1 aliphatic rings. The van der Waals surface area contributed by atoms with Crippen molar-refractivity contribution < 1.29 is 9.53 Å². The van der Waals surface area contributed by atoms with Crippen LogP contribution in [0, 0.1) is 0 Å². The Morgan fingerprint density at radius 3 is 2.67 bits per heavy atom. The summed E-state index contributed by atoms with van der Waals surface area (Å²) in [5.41, 5.74) is 7.84. The lowest BCUT2D eigenvalue weighted by atomic mass is 10.2. The predicted octanol–water partition coefficient (Wildman–Crippen LogP) is 1.83. The zero-order valence-electron chi connectivity index (χ0n) is 16.5. The summed E-state index contributed by atoms with van der Waals surface area (Å²) in [6, 6.07) is 13.2. The van der Waals surface area contributed by atoms with Crippen LogP contribution in [0.2, 0.25) is 0 Å². The van der Waals surface area contributed by atoms with Crippen molar-refractivity contribution in [3.8, 4) is 5.75 Å². The molecule has 9 nitrogen and oxygen atoms in total. The first kappa shape index (κ1) is 18.2. The number of nitrogen functional groups attached to an aromatic ring is 1. The number of pyridine rings is 1. The van der Waals surface area contributed by atoms with Gasteiger partial charge < -0.3 is 20.3 Å². The third-order valence-corrected chi connectivity index (χ3v) is 5.41. The number of hydrogen-bond acceptors (Lipinski definition) is 7. The fourth-order valence-corrected chi connectivity index (χ4v) is 3.86. The molecule has 0 spiro atoms. The fourth-order valence-electron chi connectivity index (χ4n) is 3.86. The Bertz CT molecular complexity index is 1230. The minimum atomic E-state index is -0.116. The predicted molar refractivity (Wildman–Crippen MR) is 114 cm³/mol. The molecular weight excluding hydrogens is 382 g/mol. The molecule has 0 radical (unpaired) electrons. The number of fused-ring (bicyclic) bond motifs is 3. The standard InChI is InChI=1S/C21H21N7O2/c1-30-17-6-4-5-14-16-13-15(25-28(16)21(22)24-19(14)17)20(29)27-11-9-26(10-12-27)18-7-2-3-8-23-18/h2-8,13H,9-12H2,1H3,(H2,22,24). The van der Waals surface area contributed by atoms with Crippen molar-refractivity contribution in [1.29, 1.82) is 0 Å². The molecule has 30 heavy (non-hydrogen) atoms. The Labute approximate surface area is 172 Å². The number of rotatable bonds is 3. The summed E-state index contributed by atoms with van der Waals surface area (Å²) < 4.78 is 6.91. The Kier molecular flexibility index (Phi) is 4.35. The molecule has 4 aromatic rings. The smallest absolute Gasteiger partial charge is 0.274 e. The third-order valence-electron chi connectivity index (χ3n) is 5.41. The van der Waals surface area contributed by atoms with Gasteiger partial charge in [0, 0.05) is 37.8 Å². The molecule has 2 N–H and O–H groups in total. The van der Waals surface area contributed by atoms with Crippen LogP contribution in [-0.2, 0) is 0 Å². The number of para-hydroxylation sites is 1. The van der Waals surface area contributed by atoms with Gasteiger partial charge in [0.1, 0.15) is 17.1 Å². The number of aromatic nitrogens is 4. The van der Waals surface area contributed by atoms with Crippen molar-refractivity contribution in [3.05, 3.63) is 54.4 Å². The average molecular weight is 403 g/mol. The van der Waals surface area contributed by atoms with Crippen molar-refractivity contribution in [2.75, 3.05) is 43.9 Å². The number of piperazine rings is 1. The van der Waals surface area contributed by atoms with Crippen molar-refractivity contribution in [1.82, 2.24) is 24.5 Å². The first-order chi connectivity index (χ1) is 14.7. The number of methoxy groups -OCH3 is 1. The van der Waals surface area contributed by atoms with E-state index in [1.165, 1.54) is 4.52 Å². The van der Waals surface area contributed by atoms with Gasteiger partial charge in [-0.2, -0.15) is 9.61 Å². The van der Waals surface area contributed by atoms with E-state index in [0.29, 0.717) is 30.0 Å². The lowest BCUT2D eigenvalue weighted by molar-refractivity contribution is 0.0740. The highest BCUT2D eigenvalue weighted by atomic mass is 16.5. The molecule has 0 aliphatic carbocycles. The molecule has 152 valence electrons. The van der Waals surface area contributed by atoms with E-state index >= 15 is 0 Å². The normalized spacial score (nSPS) is 14.4. The maximum atomic E-state index is 13.1. The molecule has 1 aliphatic heterocycles. The maximum Gasteiger partial charge on any atom is 0.274 e. The molecule has 0 unspecified atom stereocenters. The lowest BCUT2D eigenvalue weighted by Gasteiger charge is -2.35. The van der Waals surface area contributed by atoms with E-state index in [9.17, 15) is 4.79 Å². The Morgan fingerprint density at radius 1 is 1.10 bits per heavy atom. The highest BCUT2D eigenvalue weighted by Crippen LogP contribution is 2.29. The largest absolute Gasteiger partial charge is 0.494 e. The summed E-state index contributed by atoms with van der Waals surface area (Å²) in [7, 11) is 1.59. The second-order valence-corrected chi connectivity index (χ2v) is 7.12. The zero-order chi connectivity index (χ0) is 20.7. The SMILES string of the molecule is COc1cccc2c1nc(N)n1nc(C(=O)N3CCN(c4ccccn4)CC3)cc21. The summed E-state index contributed by atoms with van der Waals surface area (Å²) in [4.78, 5) is 25.9. The summed E-state index contributed by atoms with van der Waals surface area (Å²) in [5.74, 6) is 1.65. The zero-order valence-corrected chi connectivity index (χ0v) is 16.5. The van der Waals surface area contributed by atoms with Crippen LogP contribution in [0.3, 0.4) is 0 Å². The quantitative estimate of drug-likeness (QED) is 0.557. The molecular formula is C21H21N7O2. The van der Waals surface area contributed by atoms with Crippen LogP contribution < -0.4 is 15.4 Å². The number of nitrogens with zero attached hydrogens (tertiary/aromatic N) is 6. The molecule has 0 atom stereocenters. The van der Waals surface area contributed by atoms with Gasteiger partial charge in [0.25, 0.3) is 5.91 Å². The number of ether oxygens (including phenoxy) is 1. The molecule has 9 heteroatoms. The topological polar surface area (TPSA) is 102 Å². The number of carbonyl (C=O) groups excluding carboxylic acids is 1. The minimum Gasteiger partial charge on any atom is -0.494 e. The Balaban J connectivity index is 1.43. The monoisotopic (exact) mass is 403 g/mol. The van der Waals surface area contributed by atoms with Crippen LogP contribution in [-0.4, -0.2) is 63.7 Å². The molecule has 4 heterocycles. The van der Waals surface area contributed by atoms with Crippen molar-refractivity contribution in [2.24, 2.45) is 0 Å². The first-order valence-electron chi connectivity index (χ1n) is 9.73. The van der Waals surface area contributed by atoms with Crippen LogP contribution >= 0.6 is 0 Å². The second-order valence-electron chi connectivity index (χ2n) is 7.12. The number of amides is 1. The van der Waals surface area contributed by atoms with Crippen LogP contribution in [0.4, 0.5) is 11.8 Å². The summed E-state index contributed by atoms with van der Waals surface area (Å²) in [6.45, 7) is 2.65. The third kappa shape index (κ3) is 2.95. The maximum absolute atomic E-state index is 13.1. The van der Waals surface area contributed by atoms with Crippen molar-refractivity contribution >= 4 is 34.1 Å². The van der Waals surface area contributed by atoms with E-state index in [4.69, 9.17) is 10.5 Å². The van der Waals surface area contributed by atoms with Gasteiger partial charge in [-0.05, 0) is 24.3 Å². The van der Waals surface area contributed by atoms with Gasteiger partial charge in [0.15, 0.2) is 5.69 Å². The number of anilines is 2. The van der Waals surface area contributed by atoms with Gasteiger partial charge in [0.05, 0.1) is 12.6 Å². The van der Waals surface area contributed by atoms with Gasteiger partial charge in [0.2, 0.25) is 5.95 Å². The molecule has 1 amide bonds. The fraction of sp³-hybridized carbons (Fsp3) is 0.238. The Morgan fingerprint density at radius 2 is 1.93 bits per heavy atom. The van der Waals surface area contributed by atoms with Gasteiger partial charge in [-0.1, -0.05) is 18.2 Å². The minimum absolute atomic E-state index is 0.116. The number of benzene rings is 1. The van der Waals surface area contributed by atoms with E-state index in [0.717, 1.165) is 29.8 Å². The van der Waals surface area contributed by atoms with E-state index < -0.39 is 0 Å². The van der Waals surface area contributed by atoms with Gasteiger partial charge >= 0.3 is 0 Å². The summed E-state index contributed by atoms with van der Waals surface area (Å²) in [5, 5.41) is 5.27. The van der Waals surface area contributed by atoms with E-state index in [1.54, 1.807) is 19.4 Å². The second kappa shape index (κ2) is 7.18. The van der Waals surface area contributed by atoms with Crippen molar-refractivity contribution in [2.45, 2.75) is 0 Å². The van der Waals surface area contributed by atoms with Gasteiger partial charge in [-0.3, -0.25) is 4.79 Å². The van der Waals surface area contributed by atoms with E-state index in [2.05, 4.69) is 20.0 Å². The molecule has 1 saturated heterocycles. The number of nitrogens with two attached hydrogens (primary N) is 1. The van der Waals surface area contributed by atoms with Crippen LogP contribution in [0.15, 0.2) is 48.7 Å². The van der Waals surface area contributed by atoms with Crippen LogP contribution in [0.25, 0.3) is 16.4 Å². The first-order valence-corrected chi connectivity index (χ1v) is 9.73. The van der Waals surface area contributed by atoms with Crippen molar-refractivity contribution in [3.63, 3.8) is 0 Å². The highest BCUT2D eigenvalue weighted by molar-refractivity contribution is 6.01. The number of hydrogen-bond donors (Lipinski definition) is 1. The molecule has 5 rings (SSSR count). The Hall–Kier alpha value is -3.88.